The molecule has 0 atom stereocenters. The third-order valence-corrected chi connectivity index (χ3v) is 3.34. The summed E-state index contributed by atoms with van der Waals surface area (Å²) in [6.07, 6.45) is 3.55. The zero-order valence-corrected chi connectivity index (χ0v) is 10.7. The molecule has 1 aromatic rings. The fourth-order valence-electron chi connectivity index (χ4n) is 2.24. The van der Waals surface area contributed by atoms with Crippen LogP contribution in [0.25, 0.3) is 0 Å². The third kappa shape index (κ3) is 3.65. The average Bonchev–Trinajstić information content (AvgIpc) is 2.41. The number of pyridine rings is 1. The van der Waals surface area contributed by atoms with Gasteiger partial charge in [-0.15, -0.1) is 0 Å². The number of hydrogen-bond acceptors (Lipinski definition) is 4. The Morgan fingerprint density at radius 3 is 2.56 bits per heavy atom. The molecule has 1 fully saturated rings. The molecule has 0 bridgehead atoms. The molecule has 1 aliphatic rings. The van der Waals surface area contributed by atoms with E-state index in [4.69, 9.17) is 5.73 Å². The molecule has 5 heteroatoms. The molecule has 0 saturated carbocycles. The summed E-state index contributed by atoms with van der Waals surface area (Å²) in [5.74, 6) is 0.595. The Balaban J connectivity index is 1.77. The van der Waals surface area contributed by atoms with E-state index < -0.39 is 0 Å². The van der Waals surface area contributed by atoms with Crippen LogP contribution in [0.4, 0.5) is 10.2 Å². The number of unbranched alkanes of at least 4 members (excludes halogenated alkanes) is 1. The molecule has 4 nitrogen and oxygen atoms in total. The van der Waals surface area contributed by atoms with E-state index in [0.717, 1.165) is 51.5 Å². The van der Waals surface area contributed by atoms with Gasteiger partial charge >= 0.3 is 0 Å². The number of rotatable bonds is 5. The van der Waals surface area contributed by atoms with Crippen molar-refractivity contribution in [3.8, 4) is 0 Å². The second-order valence-corrected chi connectivity index (χ2v) is 4.66. The Labute approximate surface area is 108 Å². The predicted octanol–water partition coefficient (Wildman–Crippen LogP) is 1.08. The topological polar surface area (TPSA) is 45.4 Å². The summed E-state index contributed by atoms with van der Waals surface area (Å²) < 4.78 is 12.8. The number of aromatic nitrogens is 1. The number of hydrogen-bond donors (Lipinski definition) is 1. The fraction of sp³-hybridized carbons (Fsp3) is 0.615. The smallest absolute Gasteiger partial charge is 0.141 e. The van der Waals surface area contributed by atoms with Crippen LogP contribution in [0.2, 0.25) is 0 Å². The van der Waals surface area contributed by atoms with E-state index in [1.165, 1.54) is 18.7 Å². The number of nitrogens with two attached hydrogens (primary N) is 1. The molecule has 1 saturated heterocycles. The Hall–Kier alpha value is -1.20. The zero-order valence-electron chi connectivity index (χ0n) is 10.7. The van der Waals surface area contributed by atoms with E-state index in [2.05, 4.69) is 14.8 Å². The summed E-state index contributed by atoms with van der Waals surface area (Å²) in [6.45, 7) is 5.91. The van der Waals surface area contributed by atoms with Gasteiger partial charge in [0.15, 0.2) is 0 Å². The van der Waals surface area contributed by atoms with Crippen molar-refractivity contribution in [2.24, 2.45) is 5.73 Å². The molecule has 0 aromatic carbocycles. The maximum atomic E-state index is 12.8. The third-order valence-electron chi connectivity index (χ3n) is 3.34. The second-order valence-electron chi connectivity index (χ2n) is 4.66. The highest BCUT2D eigenvalue weighted by molar-refractivity contribution is 5.38. The van der Waals surface area contributed by atoms with Gasteiger partial charge in [-0.2, -0.15) is 0 Å². The summed E-state index contributed by atoms with van der Waals surface area (Å²) in [5.41, 5.74) is 5.49. The number of piperazine rings is 1. The second kappa shape index (κ2) is 6.66. The molecular formula is C13H21FN4. The summed E-state index contributed by atoms with van der Waals surface area (Å²) in [7, 11) is 0. The van der Waals surface area contributed by atoms with Gasteiger partial charge in [0.05, 0.1) is 6.20 Å². The molecule has 18 heavy (non-hydrogen) atoms. The predicted molar refractivity (Wildman–Crippen MR) is 71.1 cm³/mol. The van der Waals surface area contributed by atoms with E-state index in [1.54, 1.807) is 6.07 Å². The van der Waals surface area contributed by atoms with Crippen LogP contribution in [0, 0.1) is 5.82 Å². The normalized spacial score (nSPS) is 17.1. The van der Waals surface area contributed by atoms with Crippen molar-refractivity contribution in [2.45, 2.75) is 12.8 Å². The van der Waals surface area contributed by atoms with Gasteiger partial charge in [-0.1, -0.05) is 0 Å². The molecule has 1 aromatic heterocycles. The van der Waals surface area contributed by atoms with Gasteiger partial charge < -0.3 is 10.6 Å². The van der Waals surface area contributed by atoms with Crippen LogP contribution in [-0.2, 0) is 0 Å². The molecule has 2 rings (SSSR count). The fourth-order valence-corrected chi connectivity index (χ4v) is 2.24. The monoisotopic (exact) mass is 252 g/mol. The van der Waals surface area contributed by atoms with Crippen LogP contribution in [0.5, 0.6) is 0 Å². The van der Waals surface area contributed by atoms with Crippen molar-refractivity contribution in [2.75, 3.05) is 44.2 Å². The average molecular weight is 252 g/mol. The van der Waals surface area contributed by atoms with Crippen LogP contribution < -0.4 is 10.6 Å². The molecule has 0 aliphatic carbocycles. The molecule has 0 unspecified atom stereocenters. The van der Waals surface area contributed by atoms with Crippen LogP contribution in [0.3, 0.4) is 0 Å². The lowest BCUT2D eigenvalue weighted by molar-refractivity contribution is 0.253. The maximum absolute atomic E-state index is 12.8. The minimum atomic E-state index is -0.279. The first-order chi connectivity index (χ1) is 8.79. The van der Waals surface area contributed by atoms with Gasteiger partial charge in [0.25, 0.3) is 0 Å². The van der Waals surface area contributed by atoms with E-state index in [9.17, 15) is 4.39 Å². The highest BCUT2D eigenvalue weighted by atomic mass is 19.1. The standard InChI is InChI=1S/C13H21FN4/c14-12-3-4-13(16-11-12)18-9-7-17(8-10-18)6-2-1-5-15/h3-4,11H,1-2,5-10,15H2. The Morgan fingerprint density at radius 2 is 1.94 bits per heavy atom. The lowest BCUT2D eigenvalue weighted by Gasteiger charge is -2.35. The van der Waals surface area contributed by atoms with Gasteiger partial charge in [0.1, 0.15) is 11.6 Å². The first-order valence-corrected chi connectivity index (χ1v) is 6.58. The molecule has 100 valence electrons. The lowest BCUT2D eigenvalue weighted by atomic mass is 10.2. The largest absolute Gasteiger partial charge is 0.354 e. The van der Waals surface area contributed by atoms with E-state index >= 15 is 0 Å². The summed E-state index contributed by atoms with van der Waals surface area (Å²) in [4.78, 5) is 8.78. The highest BCUT2D eigenvalue weighted by Gasteiger charge is 2.17. The van der Waals surface area contributed by atoms with Crippen LogP contribution in [-0.4, -0.2) is 49.2 Å². The van der Waals surface area contributed by atoms with Crippen molar-refractivity contribution in [3.63, 3.8) is 0 Å². The van der Waals surface area contributed by atoms with Crippen LogP contribution in [0.15, 0.2) is 18.3 Å². The van der Waals surface area contributed by atoms with Crippen molar-refractivity contribution in [3.05, 3.63) is 24.1 Å². The molecule has 0 spiro atoms. The summed E-state index contributed by atoms with van der Waals surface area (Å²) in [5, 5.41) is 0. The van der Waals surface area contributed by atoms with Gasteiger partial charge in [-0.25, -0.2) is 9.37 Å². The summed E-state index contributed by atoms with van der Waals surface area (Å²) in [6, 6.07) is 3.22. The van der Waals surface area contributed by atoms with Crippen molar-refractivity contribution in [1.82, 2.24) is 9.88 Å². The molecule has 1 aliphatic heterocycles. The van der Waals surface area contributed by atoms with E-state index in [-0.39, 0.29) is 5.82 Å². The first kappa shape index (κ1) is 13.2. The Morgan fingerprint density at radius 1 is 1.17 bits per heavy atom. The molecule has 2 N–H and O–H groups in total. The van der Waals surface area contributed by atoms with Gasteiger partial charge in [0.2, 0.25) is 0 Å². The SMILES string of the molecule is NCCCCN1CCN(c2ccc(F)cn2)CC1. The Bertz CT molecular complexity index is 347. The van der Waals surface area contributed by atoms with Crippen LogP contribution in [0.1, 0.15) is 12.8 Å². The minimum absolute atomic E-state index is 0.279. The van der Waals surface area contributed by atoms with Crippen molar-refractivity contribution in [1.29, 1.82) is 0 Å². The van der Waals surface area contributed by atoms with Gasteiger partial charge in [0, 0.05) is 26.2 Å². The molecular weight excluding hydrogens is 231 g/mol. The van der Waals surface area contributed by atoms with Crippen molar-refractivity contribution >= 4 is 5.82 Å². The lowest BCUT2D eigenvalue weighted by Crippen LogP contribution is -2.46. The molecule has 0 radical (unpaired) electrons. The van der Waals surface area contributed by atoms with E-state index in [1.807, 2.05) is 0 Å². The summed E-state index contributed by atoms with van der Waals surface area (Å²) >= 11 is 0. The molecule has 2 heterocycles. The van der Waals surface area contributed by atoms with Crippen LogP contribution >= 0.6 is 0 Å². The minimum Gasteiger partial charge on any atom is -0.354 e. The maximum Gasteiger partial charge on any atom is 0.141 e. The number of nitrogens with zero attached hydrogens (tertiary/aromatic N) is 3. The first-order valence-electron chi connectivity index (χ1n) is 6.58. The molecule has 0 amide bonds. The number of halogens is 1. The van der Waals surface area contributed by atoms with E-state index in [0.29, 0.717) is 0 Å². The Kier molecular flexibility index (Phi) is 4.90. The number of anilines is 1. The highest BCUT2D eigenvalue weighted by Crippen LogP contribution is 2.13. The van der Waals surface area contributed by atoms with Gasteiger partial charge in [-0.05, 0) is 38.1 Å². The van der Waals surface area contributed by atoms with Gasteiger partial charge in [-0.3, -0.25) is 4.90 Å². The zero-order chi connectivity index (χ0) is 12.8. The van der Waals surface area contributed by atoms with Crippen molar-refractivity contribution < 1.29 is 4.39 Å². The quantitative estimate of drug-likeness (QED) is 0.797.